The highest BCUT2D eigenvalue weighted by atomic mass is 16.3. The molecule has 7 heteroatoms. The topological polar surface area (TPSA) is 102 Å². The lowest BCUT2D eigenvalue weighted by atomic mass is 10.0. The molecule has 0 saturated carbocycles. The third kappa shape index (κ3) is 4.33. The van der Waals surface area contributed by atoms with E-state index < -0.39 is 6.23 Å². The van der Waals surface area contributed by atoms with Crippen LogP contribution in [0, 0.1) is 0 Å². The van der Waals surface area contributed by atoms with Crippen molar-refractivity contribution in [3.05, 3.63) is 72.1 Å². The number of nitrogens with zero attached hydrogens (tertiary/aromatic N) is 1. The molecule has 0 aliphatic carbocycles. The van der Waals surface area contributed by atoms with Crippen LogP contribution in [0.1, 0.15) is 22.0 Å². The first-order chi connectivity index (χ1) is 13.1. The number of amides is 1. The van der Waals surface area contributed by atoms with E-state index in [-0.39, 0.29) is 11.9 Å². The average molecular weight is 365 g/mol. The highest BCUT2D eigenvalue weighted by molar-refractivity contribution is 5.93. The normalized spacial score (nSPS) is 13.0. The zero-order valence-corrected chi connectivity index (χ0v) is 15.2. The van der Waals surface area contributed by atoms with Gasteiger partial charge in [0.2, 0.25) is 0 Å². The van der Waals surface area contributed by atoms with Gasteiger partial charge in [-0.15, -0.1) is 0 Å². The van der Waals surface area contributed by atoms with Gasteiger partial charge in [0.1, 0.15) is 6.23 Å². The number of hydrogen-bond acceptors (Lipinski definition) is 5. The van der Waals surface area contributed by atoms with Crippen molar-refractivity contribution >= 4 is 11.6 Å². The Balaban J connectivity index is 1.69. The highest BCUT2D eigenvalue weighted by Gasteiger charge is 2.19. The summed E-state index contributed by atoms with van der Waals surface area (Å²) in [5.74, 6) is -0.140. The largest absolute Gasteiger partial charge is 0.372 e. The van der Waals surface area contributed by atoms with E-state index in [1.165, 1.54) is 0 Å². The molecule has 7 nitrogen and oxygen atoms in total. The number of aromatic amines is 1. The van der Waals surface area contributed by atoms with Crippen LogP contribution in [-0.4, -0.2) is 41.5 Å². The first-order valence-electron chi connectivity index (χ1n) is 8.65. The van der Waals surface area contributed by atoms with Crippen LogP contribution in [0.2, 0.25) is 0 Å². The number of aromatic nitrogens is 2. The van der Waals surface area contributed by atoms with Gasteiger partial charge in [-0.2, -0.15) is 5.10 Å². The summed E-state index contributed by atoms with van der Waals surface area (Å²) in [5, 5.41) is 26.2. The molecule has 0 fully saturated rings. The Morgan fingerprint density at radius 2 is 1.74 bits per heavy atom. The van der Waals surface area contributed by atoms with Gasteiger partial charge < -0.3 is 21.1 Å². The molecular formula is C20H23N5O2. The fourth-order valence-corrected chi connectivity index (χ4v) is 2.91. The van der Waals surface area contributed by atoms with Crippen molar-refractivity contribution in [2.75, 3.05) is 19.4 Å². The molecule has 2 aromatic carbocycles. The van der Waals surface area contributed by atoms with Gasteiger partial charge in [-0.1, -0.05) is 24.3 Å². The minimum Gasteiger partial charge on any atom is -0.372 e. The number of hydrogen-bond donors (Lipinski definition) is 5. The van der Waals surface area contributed by atoms with Gasteiger partial charge in [-0.3, -0.25) is 9.89 Å². The monoisotopic (exact) mass is 365 g/mol. The maximum Gasteiger partial charge on any atom is 0.251 e. The van der Waals surface area contributed by atoms with E-state index in [2.05, 4.69) is 26.1 Å². The fourth-order valence-electron chi connectivity index (χ4n) is 2.91. The number of anilines is 1. The number of carbonyl (C=O) groups excluding carboxylic acids is 1. The third-order valence-electron chi connectivity index (χ3n) is 4.42. The minimum atomic E-state index is -0.847. The lowest BCUT2D eigenvalue weighted by Crippen LogP contribution is -2.35. The molecule has 3 aromatic rings. The summed E-state index contributed by atoms with van der Waals surface area (Å²) in [4.78, 5) is 11.7. The second-order valence-corrected chi connectivity index (χ2v) is 6.12. The Labute approximate surface area is 157 Å². The molecule has 0 spiro atoms. The van der Waals surface area contributed by atoms with Crippen molar-refractivity contribution < 1.29 is 9.90 Å². The lowest BCUT2D eigenvalue weighted by Gasteiger charge is -2.25. The van der Waals surface area contributed by atoms with Crippen LogP contribution < -0.4 is 16.0 Å². The SMILES string of the molecule is CNC(=O)c1ccc(C(NC)C(O)Nc2ccc(-c3cn[nH]c3)cc2)cc1. The van der Waals surface area contributed by atoms with Crippen LogP contribution in [0.5, 0.6) is 0 Å². The number of aliphatic hydroxyl groups is 1. The average Bonchev–Trinajstić information content (AvgIpc) is 3.24. The second kappa shape index (κ2) is 8.48. The molecular weight excluding hydrogens is 342 g/mol. The second-order valence-electron chi connectivity index (χ2n) is 6.12. The van der Waals surface area contributed by atoms with Crippen LogP contribution in [-0.2, 0) is 0 Å². The van der Waals surface area contributed by atoms with Gasteiger partial charge in [-0.25, -0.2) is 0 Å². The zero-order chi connectivity index (χ0) is 19.2. The summed E-state index contributed by atoms with van der Waals surface area (Å²) < 4.78 is 0. The van der Waals surface area contributed by atoms with Crippen molar-refractivity contribution in [3.8, 4) is 11.1 Å². The molecule has 3 rings (SSSR count). The summed E-state index contributed by atoms with van der Waals surface area (Å²) in [6, 6.07) is 14.6. The molecule has 0 aliphatic heterocycles. The van der Waals surface area contributed by atoms with E-state index in [0.717, 1.165) is 22.4 Å². The van der Waals surface area contributed by atoms with Crippen molar-refractivity contribution in [2.24, 2.45) is 0 Å². The number of rotatable bonds is 7. The molecule has 0 saturated heterocycles. The van der Waals surface area contributed by atoms with Crippen molar-refractivity contribution in [1.82, 2.24) is 20.8 Å². The summed E-state index contributed by atoms with van der Waals surface area (Å²) in [6.45, 7) is 0. The molecule has 5 N–H and O–H groups in total. The molecule has 2 unspecified atom stereocenters. The van der Waals surface area contributed by atoms with E-state index >= 15 is 0 Å². The molecule has 0 bridgehead atoms. The van der Waals surface area contributed by atoms with Gasteiger partial charge in [0.15, 0.2) is 0 Å². The van der Waals surface area contributed by atoms with Crippen LogP contribution in [0.4, 0.5) is 5.69 Å². The maximum absolute atomic E-state index is 11.7. The first kappa shape index (κ1) is 18.6. The number of H-pyrrole nitrogens is 1. The number of nitrogens with one attached hydrogen (secondary N) is 4. The van der Waals surface area contributed by atoms with E-state index in [4.69, 9.17) is 0 Å². The summed E-state index contributed by atoms with van der Waals surface area (Å²) in [7, 11) is 3.38. The number of benzene rings is 2. The molecule has 2 atom stereocenters. The highest BCUT2D eigenvalue weighted by Crippen LogP contribution is 2.23. The zero-order valence-electron chi connectivity index (χ0n) is 15.2. The molecule has 0 aliphatic rings. The number of likely N-dealkylation sites (N-methyl/N-ethyl adjacent to an activating group) is 1. The summed E-state index contributed by atoms with van der Waals surface area (Å²) >= 11 is 0. The predicted molar refractivity (Wildman–Crippen MR) is 105 cm³/mol. The van der Waals surface area contributed by atoms with Gasteiger partial charge in [-0.05, 0) is 42.4 Å². The van der Waals surface area contributed by atoms with E-state index in [1.807, 2.05) is 42.6 Å². The van der Waals surface area contributed by atoms with Crippen LogP contribution >= 0.6 is 0 Å². The van der Waals surface area contributed by atoms with Crippen molar-refractivity contribution in [3.63, 3.8) is 0 Å². The first-order valence-corrected chi connectivity index (χ1v) is 8.65. The smallest absolute Gasteiger partial charge is 0.251 e. The molecule has 0 radical (unpaired) electrons. The Bertz CT molecular complexity index is 860. The number of carbonyl (C=O) groups is 1. The maximum atomic E-state index is 11.7. The van der Waals surface area contributed by atoms with E-state index in [0.29, 0.717) is 5.56 Å². The Morgan fingerprint density at radius 1 is 1.04 bits per heavy atom. The standard InChI is InChI=1S/C20H23N5O2/c1-21-18(14-3-5-15(6-4-14)19(26)22-2)20(27)25-17-9-7-13(8-10-17)16-11-23-24-12-16/h3-12,18,20-21,25,27H,1-2H3,(H,22,26)(H,23,24). The minimum absolute atomic E-state index is 0.140. The van der Waals surface area contributed by atoms with Gasteiger partial charge in [0, 0.05) is 30.1 Å². The fraction of sp³-hybridized carbons (Fsp3) is 0.200. The molecule has 1 aromatic heterocycles. The number of aliphatic hydroxyl groups excluding tert-OH is 1. The molecule has 1 heterocycles. The van der Waals surface area contributed by atoms with Crippen molar-refractivity contribution in [2.45, 2.75) is 12.3 Å². The molecule has 27 heavy (non-hydrogen) atoms. The Morgan fingerprint density at radius 3 is 2.30 bits per heavy atom. The Hall–Kier alpha value is -3.16. The molecule has 140 valence electrons. The van der Waals surface area contributed by atoms with Gasteiger partial charge in [0.25, 0.3) is 5.91 Å². The summed E-state index contributed by atoms with van der Waals surface area (Å²) in [5.41, 5.74) is 4.30. The Kier molecular flexibility index (Phi) is 5.85. The van der Waals surface area contributed by atoms with Crippen LogP contribution in [0.15, 0.2) is 60.9 Å². The van der Waals surface area contributed by atoms with Gasteiger partial charge in [0.05, 0.1) is 12.2 Å². The van der Waals surface area contributed by atoms with Gasteiger partial charge >= 0.3 is 0 Å². The quantitative estimate of drug-likeness (QED) is 0.413. The predicted octanol–water partition coefficient (Wildman–Crippen LogP) is 2.13. The van der Waals surface area contributed by atoms with Crippen LogP contribution in [0.25, 0.3) is 11.1 Å². The van der Waals surface area contributed by atoms with E-state index in [9.17, 15) is 9.90 Å². The third-order valence-corrected chi connectivity index (χ3v) is 4.42. The molecule has 1 amide bonds. The van der Waals surface area contributed by atoms with Crippen LogP contribution in [0.3, 0.4) is 0 Å². The van der Waals surface area contributed by atoms with E-state index in [1.54, 1.807) is 32.4 Å². The lowest BCUT2D eigenvalue weighted by molar-refractivity contribution is 0.0963. The van der Waals surface area contributed by atoms with Crippen molar-refractivity contribution in [1.29, 1.82) is 0 Å². The summed E-state index contributed by atoms with van der Waals surface area (Å²) in [6.07, 6.45) is 2.74.